The first-order valence-corrected chi connectivity index (χ1v) is 6.97. The highest BCUT2D eigenvalue weighted by Crippen LogP contribution is 2.34. The quantitative estimate of drug-likeness (QED) is 0.906. The van der Waals surface area contributed by atoms with Gasteiger partial charge in [0.15, 0.2) is 0 Å². The fourth-order valence-electron chi connectivity index (χ4n) is 2.81. The summed E-state index contributed by atoms with van der Waals surface area (Å²) in [5.41, 5.74) is 4.01. The Morgan fingerprint density at radius 2 is 1.89 bits per heavy atom. The molecule has 0 saturated carbocycles. The number of nitrogens with zero attached hydrogens (tertiary/aromatic N) is 1. The molecular formula is C16H26N2O. The highest BCUT2D eigenvalue weighted by molar-refractivity contribution is 5.62. The minimum atomic E-state index is 0.228. The van der Waals surface area contributed by atoms with Crippen molar-refractivity contribution in [1.29, 1.82) is 0 Å². The monoisotopic (exact) mass is 262 g/mol. The van der Waals surface area contributed by atoms with Crippen LogP contribution in [0.2, 0.25) is 0 Å². The first kappa shape index (κ1) is 14.2. The maximum Gasteiger partial charge on any atom is 0.142 e. The van der Waals surface area contributed by atoms with Gasteiger partial charge in [-0.3, -0.25) is 0 Å². The van der Waals surface area contributed by atoms with Crippen molar-refractivity contribution >= 4 is 5.69 Å². The third-order valence-electron chi connectivity index (χ3n) is 4.29. The molecule has 1 fully saturated rings. The summed E-state index contributed by atoms with van der Waals surface area (Å²) in [5.74, 6) is 0.968. The highest BCUT2D eigenvalue weighted by Gasteiger charge is 2.33. The van der Waals surface area contributed by atoms with Crippen molar-refractivity contribution in [3.05, 3.63) is 23.3 Å². The summed E-state index contributed by atoms with van der Waals surface area (Å²) >= 11 is 0. The molecule has 3 heteroatoms. The highest BCUT2D eigenvalue weighted by atomic mass is 16.5. The van der Waals surface area contributed by atoms with Crippen molar-refractivity contribution in [3.63, 3.8) is 0 Å². The van der Waals surface area contributed by atoms with Gasteiger partial charge in [0, 0.05) is 25.2 Å². The predicted molar refractivity (Wildman–Crippen MR) is 81.4 cm³/mol. The fourth-order valence-corrected chi connectivity index (χ4v) is 2.81. The van der Waals surface area contributed by atoms with Crippen LogP contribution >= 0.6 is 0 Å². The Morgan fingerprint density at radius 1 is 1.26 bits per heavy atom. The molecule has 1 N–H and O–H groups in total. The van der Waals surface area contributed by atoms with Crippen LogP contribution in [-0.4, -0.2) is 32.3 Å². The van der Waals surface area contributed by atoms with Crippen molar-refractivity contribution in [2.75, 3.05) is 25.6 Å². The van der Waals surface area contributed by atoms with Gasteiger partial charge >= 0.3 is 0 Å². The molecule has 2 rings (SSSR count). The molecule has 106 valence electrons. The standard InChI is InChI=1S/C16H26N2O/c1-11-7-14(15(19-6)8-12(11)2)18(5)13-9-16(3,4)17-10-13/h7-8,13,17H,9-10H2,1-6H3. The fraction of sp³-hybridized carbons (Fsp3) is 0.625. The van der Waals surface area contributed by atoms with E-state index in [0.717, 1.165) is 18.7 Å². The number of ether oxygens (including phenoxy) is 1. The first-order chi connectivity index (χ1) is 8.84. The number of hydrogen-bond acceptors (Lipinski definition) is 3. The molecule has 0 aliphatic carbocycles. The largest absolute Gasteiger partial charge is 0.495 e. The number of nitrogens with one attached hydrogen (secondary N) is 1. The van der Waals surface area contributed by atoms with E-state index in [9.17, 15) is 0 Å². The van der Waals surface area contributed by atoms with E-state index in [-0.39, 0.29) is 5.54 Å². The second-order valence-corrected chi connectivity index (χ2v) is 6.34. The van der Waals surface area contributed by atoms with Crippen LogP contribution < -0.4 is 15.0 Å². The summed E-state index contributed by atoms with van der Waals surface area (Å²) in [5, 5.41) is 3.58. The van der Waals surface area contributed by atoms with E-state index in [1.807, 2.05) is 0 Å². The average Bonchev–Trinajstić information content (AvgIpc) is 2.71. The zero-order valence-electron chi connectivity index (χ0n) is 13.0. The third-order valence-corrected chi connectivity index (χ3v) is 4.29. The molecule has 0 bridgehead atoms. The Labute approximate surface area is 116 Å². The van der Waals surface area contributed by atoms with E-state index in [4.69, 9.17) is 4.74 Å². The van der Waals surface area contributed by atoms with Gasteiger partial charge in [0.1, 0.15) is 5.75 Å². The number of hydrogen-bond donors (Lipinski definition) is 1. The van der Waals surface area contributed by atoms with Crippen molar-refractivity contribution < 1.29 is 4.74 Å². The first-order valence-electron chi connectivity index (χ1n) is 6.97. The van der Waals surface area contributed by atoms with Crippen LogP contribution in [0, 0.1) is 13.8 Å². The summed E-state index contributed by atoms with van der Waals surface area (Å²) < 4.78 is 5.55. The predicted octanol–water partition coefficient (Wildman–Crippen LogP) is 2.89. The molecule has 1 heterocycles. The normalized spacial score (nSPS) is 21.5. The second kappa shape index (κ2) is 5.04. The zero-order valence-corrected chi connectivity index (χ0v) is 13.0. The second-order valence-electron chi connectivity index (χ2n) is 6.34. The topological polar surface area (TPSA) is 24.5 Å². The van der Waals surface area contributed by atoms with Gasteiger partial charge in [-0.1, -0.05) is 0 Å². The molecule has 3 nitrogen and oxygen atoms in total. The molecular weight excluding hydrogens is 236 g/mol. The molecule has 1 aromatic rings. The third kappa shape index (κ3) is 2.86. The van der Waals surface area contributed by atoms with Crippen LogP contribution in [0.5, 0.6) is 5.75 Å². The summed E-state index contributed by atoms with van der Waals surface area (Å²) in [6, 6.07) is 4.89. The van der Waals surface area contributed by atoms with Gasteiger partial charge in [0.25, 0.3) is 0 Å². The minimum Gasteiger partial charge on any atom is -0.495 e. The zero-order chi connectivity index (χ0) is 14.2. The lowest BCUT2D eigenvalue weighted by atomic mass is 10.00. The van der Waals surface area contributed by atoms with Crippen LogP contribution in [0.25, 0.3) is 0 Å². The van der Waals surface area contributed by atoms with Gasteiger partial charge in [-0.25, -0.2) is 0 Å². The molecule has 1 unspecified atom stereocenters. The Bertz CT molecular complexity index is 468. The lowest BCUT2D eigenvalue weighted by Crippen LogP contribution is -2.33. The number of benzene rings is 1. The van der Waals surface area contributed by atoms with Gasteiger partial charge in [-0.2, -0.15) is 0 Å². The molecule has 0 radical (unpaired) electrons. The van der Waals surface area contributed by atoms with Gasteiger partial charge < -0.3 is 15.0 Å². The molecule has 1 aliphatic rings. The minimum absolute atomic E-state index is 0.228. The van der Waals surface area contributed by atoms with Gasteiger partial charge in [-0.15, -0.1) is 0 Å². The Balaban J connectivity index is 2.28. The Kier molecular flexibility index (Phi) is 3.77. The van der Waals surface area contributed by atoms with E-state index in [2.05, 4.69) is 57.1 Å². The molecule has 1 aliphatic heterocycles. The summed E-state index contributed by atoms with van der Waals surface area (Å²) in [4.78, 5) is 2.35. The van der Waals surface area contributed by atoms with E-state index in [1.54, 1.807) is 7.11 Å². The van der Waals surface area contributed by atoms with Crippen LogP contribution in [0.3, 0.4) is 0 Å². The molecule has 1 atom stereocenters. The van der Waals surface area contributed by atoms with Crippen LogP contribution in [0.4, 0.5) is 5.69 Å². The molecule has 1 aromatic carbocycles. The maximum absolute atomic E-state index is 5.55. The van der Waals surface area contributed by atoms with Crippen LogP contribution in [0.1, 0.15) is 31.4 Å². The van der Waals surface area contributed by atoms with E-state index >= 15 is 0 Å². The smallest absolute Gasteiger partial charge is 0.142 e. The number of rotatable bonds is 3. The average molecular weight is 262 g/mol. The lowest BCUT2D eigenvalue weighted by molar-refractivity contribution is 0.412. The SMILES string of the molecule is COc1cc(C)c(C)cc1N(C)C1CNC(C)(C)C1. The molecule has 1 saturated heterocycles. The maximum atomic E-state index is 5.55. The molecule has 0 spiro atoms. The van der Waals surface area contributed by atoms with E-state index < -0.39 is 0 Å². The molecule has 0 aromatic heterocycles. The Hall–Kier alpha value is -1.22. The van der Waals surface area contributed by atoms with Crippen LogP contribution in [0.15, 0.2) is 12.1 Å². The Morgan fingerprint density at radius 3 is 2.42 bits per heavy atom. The van der Waals surface area contributed by atoms with Crippen molar-refractivity contribution in [2.45, 2.75) is 45.7 Å². The van der Waals surface area contributed by atoms with E-state index in [0.29, 0.717) is 6.04 Å². The number of aryl methyl sites for hydroxylation is 2. The van der Waals surface area contributed by atoms with Crippen molar-refractivity contribution in [2.24, 2.45) is 0 Å². The number of methoxy groups -OCH3 is 1. The van der Waals surface area contributed by atoms with E-state index in [1.165, 1.54) is 16.8 Å². The summed E-state index contributed by atoms with van der Waals surface area (Å²) in [6.45, 7) is 9.83. The lowest BCUT2D eigenvalue weighted by Gasteiger charge is -2.29. The van der Waals surface area contributed by atoms with Gasteiger partial charge in [0.05, 0.1) is 12.8 Å². The summed E-state index contributed by atoms with van der Waals surface area (Å²) in [7, 11) is 3.92. The molecule has 0 amide bonds. The summed E-state index contributed by atoms with van der Waals surface area (Å²) in [6.07, 6.45) is 1.15. The number of anilines is 1. The van der Waals surface area contributed by atoms with Crippen LogP contribution in [-0.2, 0) is 0 Å². The molecule has 19 heavy (non-hydrogen) atoms. The number of likely N-dealkylation sites (N-methyl/N-ethyl adjacent to an activating group) is 1. The van der Waals surface area contributed by atoms with Crippen molar-refractivity contribution in [1.82, 2.24) is 5.32 Å². The van der Waals surface area contributed by atoms with Gasteiger partial charge in [-0.05, 0) is 57.4 Å². The van der Waals surface area contributed by atoms with Crippen molar-refractivity contribution in [3.8, 4) is 5.75 Å². The van der Waals surface area contributed by atoms with Gasteiger partial charge in [0.2, 0.25) is 0 Å².